The molecule has 110 valence electrons. The first-order valence-corrected chi connectivity index (χ1v) is 6.08. The summed E-state index contributed by atoms with van der Waals surface area (Å²) in [4.78, 5) is 1.16. The maximum absolute atomic E-state index is 12.1. The van der Waals surface area contributed by atoms with Gasteiger partial charge in [-0.1, -0.05) is 17.9 Å². The van der Waals surface area contributed by atoms with E-state index in [1.165, 1.54) is 7.05 Å². The van der Waals surface area contributed by atoms with Crippen molar-refractivity contribution in [2.24, 2.45) is 5.73 Å². The number of nitrogens with zero attached hydrogens (tertiary/aromatic N) is 1. The molecule has 0 aliphatic carbocycles. The molecule has 0 spiro atoms. The number of nitrogens with two attached hydrogens (primary N) is 1. The summed E-state index contributed by atoms with van der Waals surface area (Å²) in [6.45, 7) is -0.301. The van der Waals surface area contributed by atoms with E-state index in [-0.39, 0.29) is 19.7 Å². The molecule has 1 aromatic carbocycles. The molecule has 0 saturated carbocycles. The third-order valence-electron chi connectivity index (χ3n) is 2.36. The smallest absolute Gasteiger partial charge is 0.401 e. The van der Waals surface area contributed by atoms with E-state index in [4.69, 9.17) is 10.5 Å². The Hall–Kier alpha value is -1.71. The van der Waals surface area contributed by atoms with Gasteiger partial charge in [0, 0.05) is 12.1 Å². The molecule has 2 N–H and O–H groups in total. The number of ether oxygens (including phenoxy) is 1. The van der Waals surface area contributed by atoms with E-state index in [2.05, 4.69) is 11.8 Å². The van der Waals surface area contributed by atoms with E-state index < -0.39 is 12.7 Å². The molecule has 0 aliphatic rings. The van der Waals surface area contributed by atoms with Crippen molar-refractivity contribution in [1.29, 1.82) is 0 Å². The van der Waals surface area contributed by atoms with Gasteiger partial charge in [0.2, 0.25) is 0 Å². The van der Waals surface area contributed by atoms with Crippen LogP contribution in [0.5, 0.6) is 5.75 Å². The fourth-order valence-corrected chi connectivity index (χ4v) is 1.52. The van der Waals surface area contributed by atoms with Crippen LogP contribution in [-0.4, -0.2) is 44.4 Å². The molecule has 1 aromatic rings. The van der Waals surface area contributed by atoms with E-state index in [0.717, 1.165) is 10.5 Å². The molecule has 0 fully saturated rings. The fourth-order valence-electron chi connectivity index (χ4n) is 1.52. The van der Waals surface area contributed by atoms with Crippen LogP contribution in [0.1, 0.15) is 5.56 Å². The topological polar surface area (TPSA) is 38.5 Å². The second kappa shape index (κ2) is 7.78. The zero-order chi connectivity index (χ0) is 15.0. The van der Waals surface area contributed by atoms with Gasteiger partial charge in [0.1, 0.15) is 12.4 Å². The minimum Gasteiger partial charge on any atom is -0.492 e. The van der Waals surface area contributed by atoms with Gasteiger partial charge in [0.15, 0.2) is 0 Å². The molecular formula is C14H17F3N2O. The van der Waals surface area contributed by atoms with E-state index in [1.54, 1.807) is 18.2 Å². The van der Waals surface area contributed by atoms with Crippen molar-refractivity contribution in [3.8, 4) is 17.6 Å². The summed E-state index contributed by atoms with van der Waals surface area (Å²) < 4.78 is 41.8. The van der Waals surface area contributed by atoms with Gasteiger partial charge in [0.05, 0.1) is 13.1 Å². The van der Waals surface area contributed by atoms with Crippen LogP contribution in [0.2, 0.25) is 0 Å². The predicted molar refractivity (Wildman–Crippen MR) is 71.4 cm³/mol. The van der Waals surface area contributed by atoms with Crippen LogP contribution in [0.25, 0.3) is 0 Å². The highest BCUT2D eigenvalue weighted by molar-refractivity contribution is 5.39. The highest BCUT2D eigenvalue weighted by Crippen LogP contribution is 2.16. The average molecular weight is 286 g/mol. The Morgan fingerprint density at radius 1 is 1.35 bits per heavy atom. The highest BCUT2D eigenvalue weighted by Gasteiger charge is 2.28. The molecule has 0 bridgehead atoms. The highest BCUT2D eigenvalue weighted by atomic mass is 19.4. The van der Waals surface area contributed by atoms with Crippen molar-refractivity contribution in [3.05, 3.63) is 29.8 Å². The molecule has 0 amide bonds. The molecule has 3 nitrogen and oxygen atoms in total. The molecular weight excluding hydrogens is 269 g/mol. The minimum absolute atomic E-state index is 0.181. The van der Waals surface area contributed by atoms with Crippen LogP contribution >= 0.6 is 0 Å². The Balaban J connectivity index is 2.42. The Bertz CT molecular complexity index is 477. The van der Waals surface area contributed by atoms with Gasteiger partial charge in [-0.15, -0.1) is 0 Å². The van der Waals surface area contributed by atoms with Crippen LogP contribution in [0.3, 0.4) is 0 Å². The lowest BCUT2D eigenvalue weighted by Gasteiger charge is -2.18. The SMILES string of the molecule is CN(CCOc1cccc(C#CCN)c1)CC(F)(F)F. The number of rotatable bonds is 5. The number of hydrogen-bond acceptors (Lipinski definition) is 3. The van der Waals surface area contributed by atoms with Gasteiger partial charge in [0.25, 0.3) is 0 Å². The number of benzene rings is 1. The monoisotopic (exact) mass is 286 g/mol. The lowest BCUT2D eigenvalue weighted by molar-refractivity contribution is -0.143. The molecule has 0 aromatic heterocycles. The molecule has 1 rings (SSSR count). The predicted octanol–water partition coefficient (Wildman–Crippen LogP) is 1.87. The average Bonchev–Trinajstić information content (AvgIpc) is 2.34. The van der Waals surface area contributed by atoms with Crippen molar-refractivity contribution >= 4 is 0 Å². The Labute approximate surface area is 116 Å². The van der Waals surface area contributed by atoms with Gasteiger partial charge in [-0.3, -0.25) is 4.90 Å². The molecule has 0 heterocycles. The Morgan fingerprint density at radius 2 is 2.10 bits per heavy atom. The van der Waals surface area contributed by atoms with Crippen molar-refractivity contribution < 1.29 is 17.9 Å². The van der Waals surface area contributed by atoms with E-state index in [0.29, 0.717) is 5.75 Å². The molecule has 0 unspecified atom stereocenters. The van der Waals surface area contributed by atoms with Gasteiger partial charge in [-0.2, -0.15) is 13.2 Å². The minimum atomic E-state index is -4.19. The molecule has 0 aliphatic heterocycles. The normalized spacial score (nSPS) is 11.1. The number of halogens is 3. The lowest BCUT2D eigenvalue weighted by Crippen LogP contribution is -2.33. The zero-order valence-corrected chi connectivity index (χ0v) is 11.2. The lowest BCUT2D eigenvalue weighted by atomic mass is 10.2. The summed E-state index contributed by atoms with van der Waals surface area (Å²) in [7, 11) is 1.40. The van der Waals surface area contributed by atoms with Gasteiger partial charge in [-0.05, 0) is 25.2 Å². The second-order valence-corrected chi connectivity index (χ2v) is 4.24. The summed E-state index contributed by atoms with van der Waals surface area (Å²) in [5.41, 5.74) is 6.04. The first kappa shape index (κ1) is 16.3. The zero-order valence-electron chi connectivity index (χ0n) is 11.2. The Kier molecular flexibility index (Phi) is 6.36. The van der Waals surface area contributed by atoms with E-state index in [1.807, 2.05) is 6.07 Å². The second-order valence-electron chi connectivity index (χ2n) is 4.24. The standard InChI is InChI=1S/C14H17F3N2O/c1-19(11-14(15,16)17)8-9-20-13-6-2-4-12(10-13)5-3-7-18/h2,4,6,10H,7-9,11,18H2,1H3. The Morgan fingerprint density at radius 3 is 2.75 bits per heavy atom. The fraction of sp³-hybridized carbons (Fsp3) is 0.429. The maximum Gasteiger partial charge on any atom is 0.401 e. The quantitative estimate of drug-likeness (QED) is 0.840. The third-order valence-corrected chi connectivity index (χ3v) is 2.36. The molecule has 0 atom stereocenters. The summed E-state index contributed by atoms with van der Waals surface area (Å²) in [5.74, 6) is 6.16. The number of hydrogen-bond donors (Lipinski definition) is 1. The van der Waals surface area contributed by atoms with Crippen molar-refractivity contribution in [2.45, 2.75) is 6.18 Å². The van der Waals surface area contributed by atoms with Crippen LogP contribution in [0.4, 0.5) is 13.2 Å². The van der Waals surface area contributed by atoms with Crippen LogP contribution in [-0.2, 0) is 0 Å². The molecule has 6 heteroatoms. The summed E-state index contributed by atoms with van der Waals surface area (Å²) in [6.07, 6.45) is -4.19. The van der Waals surface area contributed by atoms with Crippen LogP contribution in [0.15, 0.2) is 24.3 Å². The van der Waals surface area contributed by atoms with Gasteiger partial charge >= 0.3 is 6.18 Å². The van der Waals surface area contributed by atoms with E-state index >= 15 is 0 Å². The van der Waals surface area contributed by atoms with Gasteiger partial charge < -0.3 is 10.5 Å². The maximum atomic E-state index is 12.1. The largest absolute Gasteiger partial charge is 0.492 e. The summed E-state index contributed by atoms with van der Waals surface area (Å²) >= 11 is 0. The number of likely N-dealkylation sites (N-methyl/N-ethyl adjacent to an activating group) is 1. The first-order chi connectivity index (χ1) is 9.40. The van der Waals surface area contributed by atoms with Crippen LogP contribution < -0.4 is 10.5 Å². The summed E-state index contributed by atoms with van der Waals surface area (Å²) in [5, 5.41) is 0. The first-order valence-electron chi connectivity index (χ1n) is 6.08. The van der Waals surface area contributed by atoms with Crippen LogP contribution in [0, 0.1) is 11.8 Å². The van der Waals surface area contributed by atoms with Crippen molar-refractivity contribution in [1.82, 2.24) is 4.90 Å². The van der Waals surface area contributed by atoms with Gasteiger partial charge in [-0.25, -0.2) is 0 Å². The van der Waals surface area contributed by atoms with E-state index in [9.17, 15) is 13.2 Å². The third kappa shape index (κ3) is 7.02. The summed E-state index contributed by atoms with van der Waals surface area (Å²) in [6, 6.07) is 7.05. The molecule has 20 heavy (non-hydrogen) atoms. The number of alkyl halides is 3. The van der Waals surface area contributed by atoms with Crippen molar-refractivity contribution in [2.75, 3.05) is 33.3 Å². The molecule has 0 radical (unpaired) electrons. The molecule has 0 saturated heterocycles. The van der Waals surface area contributed by atoms with Crippen molar-refractivity contribution in [3.63, 3.8) is 0 Å².